The van der Waals surface area contributed by atoms with Crippen molar-refractivity contribution in [2.75, 3.05) is 19.7 Å². The molecule has 2 aromatic heterocycles. The van der Waals surface area contributed by atoms with Crippen molar-refractivity contribution in [1.29, 1.82) is 0 Å². The van der Waals surface area contributed by atoms with E-state index in [1.54, 1.807) is 0 Å². The van der Waals surface area contributed by atoms with Gasteiger partial charge >= 0.3 is 0 Å². The summed E-state index contributed by atoms with van der Waals surface area (Å²) in [5.41, 5.74) is 1.19. The fraction of sp³-hybridized carbons (Fsp3) is 0.706. The second-order valence-electron chi connectivity index (χ2n) is 7.22. The van der Waals surface area contributed by atoms with Crippen molar-refractivity contribution in [1.82, 2.24) is 24.8 Å². The van der Waals surface area contributed by atoms with Crippen LogP contribution in [0.4, 0.5) is 0 Å². The van der Waals surface area contributed by atoms with Crippen LogP contribution in [-0.4, -0.2) is 49.6 Å². The van der Waals surface area contributed by atoms with Crippen molar-refractivity contribution in [3.63, 3.8) is 0 Å². The van der Waals surface area contributed by atoms with Gasteiger partial charge < -0.3 is 9.63 Å². The van der Waals surface area contributed by atoms with Gasteiger partial charge in [0.25, 0.3) is 0 Å². The lowest BCUT2D eigenvalue weighted by atomic mass is 9.92. The highest BCUT2D eigenvalue weighted by Gasteiger charge is 2.35. The number of aliphatic hydroxyl groups excluding tert-OH is 1. The second kappa shape index (κ2) is 6.64. The zero-order chi connectivity index (χ0) is 16.5. The Kier molecular flexibility index (Phi) is 4.37. The van der Waals surface area contributed by atoms with Gasteiger partial charge in [0.15, 0.2) is 5.82 Å². The summed E-state index contributed by atoms with van der Waals surface area (Å²) in [5, 5.41) is 18.2. The summed E-state index contributed by atoms with van der Waals surface area (Å²) in [6, 6.07) is 0. The molecule has 2 aliphatic rings. The molecule has 2 aromatic rings. The first kappa shape index (κ1) is 15.8. The Morgan fingerprint density at radius 3 is 2.83 bits per heavy atom. The standard InChI is InChI=1S/C17H25N5O2/c1-21-7-13(6-18-21)15-9-22(8-14(15)11-23)10-16-19-17(20-24-16)12-4-2-3-5-12/h6-7,12,14-15,23H,2-5,8-11H2,1H3/t14-,15-/m0/s1. The molecule has 2 fully saturated rings. The van der Waals surface area contributed by atoms with Crippen LogP contribution in [0.5, 0.6) is 0 Å². The molecule has 1 aliphatic heterocycles. The van der Waals surface area contributed by atoms with Gasteiger partial charge in [0.1, 0.15) is 0 Å². The number of aryl methyl sites for hydroxylation is 1. The minimum atomic E-state index is 0.188. The minimum Gasteiger partial charge on any atom is -0.396 e. The van der Waals surface area contributed by atoms with E-state index < -0.39 is 0 Å². The summed E-state index contributed by atoms with van der Waals surface area (Å²) in [4.78, 5) is 6.91. The molecule has 0 radical (unpaired) electrons. The third-order valence-electron chi connectivity index (χ3n) is 5.47. The van der Waals surface area contributed by atoms with Gasteiger partial charge in [0.2, 0.25) is 5.89 Å². The van der Waals surface area contributed by atoms with Gasteiger partial charge in [-0.3, -0.25) is 9.58 Å². The van der Waals surface area contributed by atoms with Crippen molar-refractivity contribution in [3.05, 3.63) is 29.7 Å². The molecule has 4 rings (SSSR count). The second-order valence-corrected chi connectivity index (χ2v) is 7.22. The topological polar surface area (TPSA) is 80.2 Å². The highest BCUT2D eigenvalue weighted by molar-refractivity contribution is 5.16. The molecule has 1 aliphatic carbocycles. The number of aromatic nitrogens is 4. The smallest absolute Gasteiger partial charge is 0.240 e. The third kappa shape index (κ3) is 3.10. The van der Waals surface area contributed by atoms with E-state index in [-0.39, 0.29) is 12.5 Å². The van der Waals surface area contributed by atoms with E-state index in [9.17, 15) is 5.11 Å². The first-order chi connectivity index (χ1) is 11.7. The average Bonchev–Trinajstić information content (AvgIpc) is 3.34. The largest absolute Gasteiger partial charge is 0.396 e. The first-order valence-corrected chi connectivity index (χ1v) is 8.87. The van der Waals surface area contributed by atoms with E-state index in [1.807, 2.05) is 24.1 Å². The van der Waals surface area contributed by atoms with Crippen LogP contribution in [0.1, 0.15) is 54.8 Å². The Morgan fingerprint density at radius 2 is 2.12 bits per heavy atom. The van der Waals surface area contributed by atoms with Crippen LogP contribution in [0.2, 0.25) is 0 Å². The highest BCUT2D eigenvalue weighted by Crippen LogP contribution is 2.34. The maximum Gasteiger partial charge on any atom is 0.240 e. The molecule has 7 heteroatoms. The van der Waals surface area contributed by atoms with Gasteiger partial charge in [0, 0.05) is 50.7 Å². The van der Waals surface area contributed by atoms with Gasteiger partial charge in [-0.05, 0) is 18.4 Å². The summed E-state index contributed by atoms with van der Waals surface area (Å²) in [7, 11) is 1.92. The van der Waals surface area contributed by atoms with E-state index in [2.05, 4.69) is 20.1 Å². The highest BCUT2D eigenvalue weighted by atomic mass is 16.5. The van der Waals surface area contributed by atoms with E-state index >= 15 is 0 Å². The van der Waals surface area contributed by atoms with Crippen molar-refractivity contribution >= 4 is 0 Å². The lowest BCUT2D eigenvalue weighted by Gasteiger charge is -2.13. The normalized spacial score (nSPS) is 25.8. The van der Waals surface area contributed by atoms with Crippen LogP contribution >= 0.6 is 0 Å². The van der Waals surface area contributed by atoms with Crippen molar-refractivity contribution in [2.24, 2.45) is 13.0 Å². The molecule has 1 saturated heterocycles. The van der Waals surface area contributed by atoms with Gasteiger partial charge in [-0.1, -0.05) is 18.0 Å². The minimum absolute atomic E-state index is 0.188. The number of aliphatic hydroxyl groups is 1. The molecule has 0 spiro atoms. The van der Waals surface area contributed by atoms with E-state index in [0.717, 1.165) is 18.9 Å². The predicted octanol–water partition coefficient (Wildman–Crippen LogP) is 1.67. The number of likely N-dealkylation sites (tertiary alicyclic amines) is 1. The number of hydrogen-bond donors (Lipinski definition) is 1. The summed E-state index contributed by atoms with van der Waals surface area (Å²) >= 11 is 0. The number of hydrogen-bond acceptors (Lipinski definition) is 6. The Bertz CT molecular complexity index is 676. The zero-order valence-electron chi connectivity index (χ0n) is 14.1. The molecule has 3 heterocycles. The monoisotopic (exact) mass is 331 g/mol. The maximum absolute atomic E-state index is 9.73. The third-order valence-corrected chi connectivity index (χ3v) is 5.47. The Morgan fingerprint density at radius 1 is 1.29 bits per heavy atom. The van der Waals surface area contributed by atoms with Crippen LogP contribution in [-0.2, 0) is 13.6 Å². The van der Waals surface area contributed by atoms with Crippen LogP contribution in [0, 0.1) is 5.92 Å². The first-order valence-electron chi connectivity index (χ1n) is 8.87. The van der Waals surface area contributed by atoms with Gasteiger partial charge in [-0.2, -0.15) is 10.1 Å². The van der Waals surface area contributed by atoms with Crippen LogP contribution in [0.25, 0.3) is 0 Å². The summed E-state index contributed by atoms with van der Waals surface area (Å²) in [6.45, 7) is 2.58. The Balaban J connectivity index is 1.42. The zero-order valence-corrected chi connectivity index (χ0v) is 14.1. The molecule has 7 nitrogen and oxygen atoms in total. The SMILES string of the molecule is Cn1cc([C@@H]2CN(Cc3nc(C4CCCC4)no3)C[C@H]2CO)cn1. The molecular weight excluding hydrogens is 306 g/mol. The van der Waals surface area contributed by atoms with E-state index in [0.29, 0.717) is 24.3 Å². The van der Waals surface area contributed by atoms with Gasteiger partial charge in [-0.15, -0.1) is 0 Å². The lowest BCUT2D eigenvalue weighted by Crippen LogP contribution is -2.21. The molecule has 0 amide bonds. The fourth-order valence-corrected chi connectivity index (χ4v) is 4.16. The van der Waals surface area contributed by atoms with E-state index in [4.69, 9.17) is 4.52 Å². The van der Waals surface area contributed by atoms with Crippen LogP contribution < -0.4 is 0 Å². The van der Waals surface area contributed by atoms with Crippen LogP contribution in [0.3, 0.4) is 0 Å². The maximum atomic E-state index is 9.73. The average molecular weight is 331 g/mol. The van der Waals surface area contributed by atoms with Crippen molar-refractivity contribution < 1.29 is 9.63 Å². The number of rotatable bonds is 5. The van der Waals surface area contributed by atoms with Gasteiger partial charge in [0.05, 0.1) is 12.7 Å². The summed E-state index contributed by atoms with van der Waals surface area (Å²) in [6.07, 6.45) is 8.84. The summed E-state index contributed by atoms with van der Waals surface area (Å²) in [5.74, 6) is 2.59. The molecule has 1 N–H and O–H groups in total. The lowest BCUT2D eigenvalue weighted by molar-refractivity contribution is 0.207. The Labute approximate surface area is 141 Å². The molecule has 0 unspecified atom stereocenters. The molecule has 0 bridgehead atoms. The van der Waals surface area contributed by atoms with Crippen LogP contribution in [0.15, 0.2) is 16.9 Å². The molecular formula is C17H25N5O2. The molecule has 1 saturated carbocycles. The molecule has 0 aromatic carbocycles. The predicted molar refractivity (Wildman–Crippen MR) is 87.3 cm³/mol. The molecule has 130 valence electrons. The molecule has 2 atom stereocenters. The number of nitrogens with zero attached hydrogens (tertiary/aromatic N) is 5. The van der Waals surface area contributed by atoms with E-state index in [1.165, 1.54) is 31.2 Å². The molecule has 24 heavy (non-hydrogen) atoms. The fourth-order valence-electron chi connectivity index (χ4n) is 4.16. The van der Waals surface area contributed by atoms with Crippen molar-refractivity contribution in [2.45, 2.75) is 44.1 Å². The summed E-state index contributed by atoms with van der Waals surface area (Å²) < 4.78 is 7.29. The Hall–Kier alpha value is -1.73. The quantitative estimate of drug-likeness (QED) is 0.898. The van der Waals surface area contributed by atoms with Crippen molar-refractivity contribution in [3.8, 4) is 0 Å². The van der Waals surface area contributed by atoms with Gasteiger partial charge in [-0.25, -0.2) is 0 Å².